The maximum absolute atomic E-state index is 13.9. The van der Waals surface area contributed by atoms with Crippen LogP contribution in [0.25, 0.3) is 0 Å². The van der Waals surface area contributed by atoms with Gasteiger partial charge in [-0.15, -0.1) is 0 Å². The Hall–Kier alpha value is -3.31. The molecule has 0 spiro atoms. The molecular formula is C32H36ClN3O2. The molecule has 0 bridgehead atoms. The molecule has 6 heteroatoms. The zero-order valence-electron chi connectivity index (χ0n) is 22.2. The molecule has 2 atom stereocenters. The molecule has 3 aromatic carbocycles. The summed E-state index contributed by atoms with van der Waals surface area (Å²) in [7, 11) is 0. The fraction of sp³-hybridized carbons (Fsp3) is 0.375. The van der Waals surface area contributed by atoms with E-state index in [0.29, 0.717) is 35.3 Å². The molecule has 1 unspecified atom stereocenters. The third-order valence-electron chi connectivity index (χ3n) is 8.02. The second-order valence-electron chi connectivity index (χ2n) is 10.7. The summed E-state index contributed by atoms with van der Waals surface area (Å²) in [5, 5.41) is 7.33. The van der Waals surface area contributed by atoms with Crippen LogP contribution in [-0.4, -0.2) is 29.3 Å². The summed E-state index contributed by atoms with van der Waals surface area (Å²) in [6.45, 7) is 4.51. The van der Waals surface area contributed by atoms with Gasteiger partial charge in [-0.05, 0) is 86.6 Å². The van der Waals surface area contributed by atoms with E-state index in [1.165, 1.54) is 25.7 Å². The van der Waals surface area contributed by atoms with Crippen molar-refractivity contribution in [1.29, 1.82) is 0 Å². The van der Waals surface area contributed by atoms with Crippen molar-refractivity contribution in [3.05, 3.63) is 94.0 Å². The maximum Gasteiger partial charge on any atom is 0.254 e. The third kappa shape index (κ3) is 5.73. The molecule has 1 saturated carbocycles. The lowest BCUT2D eigenvalue weighted by Gasteiger charge is -2.41. The Morgan fingerprint density at radius 2 is 1.55 bits per heavy atom. The van der Waals surface area contributed by atoms with Crippen molar-refractivity contribution in [3.8, 4) is 0 Å². The standard InChI is InChI=1S/C32H36ClN3O2/c1-21-8-3-6-11-27(21)32(38)36-19-7-12-28(31(37)35-26-16-13-22(2)29(33)20-26)30(36)23-14-17-25(18-15-23)34-24-9-4-5-10-24/h3,6,8,11,13-18,20,24,28,30,34H,4-5,7,9-10,12,19H2,1-2H3,(H,35,37)/t28?,30-/m0/s1. The Labute approximate surface area is 230 Å². The Kier molecular flexibility index (Phi) is 8.04. The molecule has 0 radical (unpaired) electrons. The van der Waals surface area contributed by atoms with E-state index in [9.17, 15) is 9.59 Å². The molecule has 198 valence electrons. The van der Waals surface area contributed by atoms with Crippen molar-refractivity contribution in [2.75, 3.05) is 17.2 Å². The molecule has 1 aliphatic carbocycles. The highest BCUT2D eigenvalue weighted by molar-refractivity contribution is 6.31. The number of aryl methyl sites for hydroxylation is 2. The zero-order valence-corrected chi connectivity index (χ0v) is 22.9. The average molecular weight is 530 g/mol. The van der Waals surface area contributed by atoms with Crippen LogP contribution in [0.4, 0.5) is 11.4 Å². The summed E-state index contributed by atoms with van der Waals surface area (Å²) in [6, 6.07) is 21.7. The number of nitrogens with zero attached hydrogens (tertiary/aromatic N) is 1. The first-order chi connectivity index (χ1) is 18.4. The lowest BCUT2D eigenvalue weighted by Crippen LogP contribution is -2.46. The van der Waals surface area contributed by atoms with Gasteiger partial charge in [0.15, 0.2) is 0 Å². The fourth-order valence-corrected chi connectivity index (χ4v) is 6.05. The van der Waals surface area contributed by atoms with Crippen LogP contribution in [0.2, 0.25) is 5.02 Å². The van der Waals surface area contributed by atoms with E-state index >= 15 is 0 Å². The van der Waals surface area contributed by atoms with Crippen LogP contribution in [0.15, 0.2) is 66.7 Å². The van der Waals surface area contributed by atoms with Crippen molar-refractivity contribution >= 4 is 34.8 Å². The van der Waals surface area contributed by atoms with Crippen LogP contribution >= 0.6 is 11.6 Å². The van der Waals surface area contributed by atoms with Crippen LogP contribution in [0.5, 0.6) is 0 Å². The van der Waals surface area contributed by atoms with Gasteiger partial charge in [-0.3, -0.25) is 9.59 Å². The molecule has 2 fully saturated rings. The normalized spacial score (nSPS) is 19.8. The fourth-order valence-electron chi connectivity index (χ4n) is 5.87. The second-order valence-corrected chi connectivity index (χ2v) is 11.1. The van der Waals surface area contributed by atoms with Gasteiger partial charge in [0, 0.05) is 34.5 Å². The number of amides is 2. The van der Waals surface area contributed by atoms with Crippen LogP contribution in [-0.2, 0) is 4.79 Å². The quantitative estimate of drug-likeness (QED) is 0.346. The molecule has 0 aromatic heterocycles. The van der Waals surface area contributed by atoms with Crippen molar-refractivity contribution in [1.82, 2.24) is 4.90 Å². The SMILES string of the molecule is Cc1ccc(NC(=O)C2CCCN(C(=O)c3ccccc3C)[C@H]2c2ccc(NC3CCCC3)cc2)cc1Cl. The van der Waals surface area contributed by atoms with Gasteiger partial charge in [-0.1, -0.05) is 60.8 Å². The average Bonchev–Trinajstić information content (AvgIpc) is 3.44. The van der Waals surface area contributed by atoms with Gasteiger partial charge in [0.1, 0.15) is 0 Å². The highest BCUT2D eigenvalue weighted by Gasteiger charge is 2.40. The number of rotatable bonds is 6. The topological polar surface area (TPSA) is 61.4 Å². The molecule has 2 aliphatic rings. The Morgan fingerprint density at radius 3 is 2.26 bits per heavy atom. The summed E-state index contributed by atoms with van der Waals surface area (Å²) >= 11 is 6.32. The number of nitrogens with one attached hydrogen (secondary N) is 2. The number of carbonyl (C=O) groups is 2. The number of likely N-dealkylation sites (tertiary alicyclic amines) is 1. The first kappa shape index (κ1) is 26.3. The van der Waals surface area contributed by atoms with Crippen molar-refractivity contribution in [2.45, 2.75) is 64.5 Å². The highest BCUT2D eigenvalue weighted by atomic mass is 35.5. The summed E-state index contributed by atoms with van der Waals surface area (Å²) < 4.78 is 0. The summed E-state index contributed by atoms with van der Waals surface area (Å²) in [6.07, 6.45) is 6.42. The van der Waals surface area contributed by atoms with Gasteiger partial charge < -0.3 is 15.5 Å². The number of benzene rings is 3. The zero-order chi connectivity index (χ0) is 26.6. The highest BCUT2D eigenvalue weighted by Crippen LogP contribution is 2.39. The van der Waals surface area contributed by atoms with E-state index in [0.717, 1.165) is 28.8 Å². The minimum absolute atomic E-state index is 0.0304. The Bertz CT molecular complexity index is 1300. The smallest absolute Gasteiger partial charge is 0.254 e. The van der Waals surface area contributed by atoms with Crippen LogP contribution in [0.1, 0.15) is 71.6 Å². The molecule has 38 heavy (non-hydrogen) atoms. The van der Waals surface area contributed by atoms with Crippen molar-refractivity contribution in [3.63, 3.8) is 0 Å². The van der Waals surface area contributed by atoms with Crippen LogP contribution < -0.4 is 10.6 Å². The van der Waals surface area contributed by atoms with E-state index in [2.05, 4.69) is 34.9 Å². The number of piperidine rings is 1. The van der Waals surface area contributed by atoms with E-state index in [-0.39, 0.29) is 23.8 Å². The van der Waals surface area contributed by atoms with Crippen molar-refractivity contribution in [2.24, 2.45) is 5.92 Å². The molecule has 2 N–H and O–H groups in total. The van der Waals surface area contributed by atoms with Crippen LogP contribution in [0, 0.1) is 19.8 Å². The number of carbonyl (C=O) groups excluding carboxylic acids is 2. The minimum Gasteiger partial charge on any atom is -0.382 e. The summed E-state index contributed by atoms with van der Waals surface area (Å²) in [4.78, 5) is 29.5. The van der Waals surface area contributed by atoms with E-state index < -0.39 is 0 Å². The molecule has 1 saturated heterocycles. The Morgan fingerprint density at radius 1 is 0.842 bits per heavy atom. The number of anilines is 2. The number of hydrogen-bond donors (Lipinski definition) is 2. The predicted octanol–water partition coefficient (Wildman–Crippen LogP) is 7.54. The molecule has 1 heterocycles. The summed E-state index contributed by atoms with van der Waals surface area (Å²) in [5.74, 6) is -0.507. The molecule has 3 aromatic rings. The van der Waals surface area contributed by atoms with Gasteiger partial charge >= 0.3 is 0 Å². The van der Waals surface area contributed by atoms with Gasteiger partial charge in [0.05, 0.1) is 12.0 Å². The second kappa shape index (κ2) is 11.6. The van der Waals surface area contributed by atoms with Crippen LogP contribution in [0.3, 0.4) is 0 Å². The minimum atomic E-state index is -0.384. The largest absolute Gasteiger partial charge is 0.382 e. The van der Waals surface area contributed by atoms with E-state index in [1.54, 1.807) is 6.07 Å². The third-order valence-corrected chi connectivity index (χ3v) is 8.43. The van der Waals surface area contributed by atoms with E-state index in [1.807, 2.05) is 55.1 Å². The van der Waals surface area contributed by atoms with Gasteiger partial charge in [-0.2, -0.15) is 0 Å². The molecule has 2 amide bonds. The predicted molar refractivity (Wildman–Crippen MR) is 155 cm³/mol. The maximum atomic E-state index is 13.9. The first-order valence-corrected chi connectivity index (χ1v) is 14.1. The van der Waals surface area contributed by atoms with Gasteiger partial charge in [0.2, 0.25) is 5.91 Å². The first-order valence-electron chi connectivity index (χ1n) is 13.7. The van der Waals surface area contributed by atoms with E-state index in [4.69, 9.17) is 11.6 Å². The molecule has 1 aliphatic heterocycles. The number of hydrogen-bond acceptors (Lipinski definition) is 3. The lowest BCUT2D eigenvalue weighted by molar-refractivity contribution is -0.123. The lowest BCUT2D eigenvalue weighted by atomic mass is 9.83. The van der Waals surface area contributed by atoms with Crippen molar-refractivity contribution < 1.29 is 9.59 Å². The Balaban J connectivity index is 1.45. The monoisotopic (exact) mass is 529 g/mol. The van der Waals surface area contributed by atoms with Gasteiger partial charge in [0.25, 0.3) is 5.91 Å². The number of halogens is 1. The molecular weight excluding hydrogens is 494 g/mol. The van der Waals surface area contributed by atoms with Gasteiger partial charge in [-0.25, -0.2) is 0 Å². The summed E-state index contributed by atoms with van der Waals surface area (Å²) in [5.41, 5.74) is 5.31. The molecule has 5 rings (SSSR count). The molecule has 5 nitrogen and oxygen atoms in total.